The number of ether oxygens (including phenoxy) is 1. The van der Waals surface area contributed by atoms with Crippen LogP contribution in [0.15, 0.2) is 54.6 Å². The van der Waals surface area contributed by atoms with Gasteiger partial charge in [-0.1, -0.05) is 57.5 Å². The van der Waals surface area contributed by atoms with Crippen LogP contribution in [0.1, 0.15) is 44.2 Å². The summed E-state index contributed by atoms with van der Waals surface area (Å²) in [5, 5.41) is 0. The topological polar surface area (TPSA) is 47.4 Å². The smallest absolute Gasteiger partial charge is 0.250 e. The van der Waals surface area contributed by atoms with E-state index in [1.165, 1.54) is 0 Å². The van der Waals surface area contributed by atoms with Crippen molar-refractivity contribution >= 4 is 16.9 Å². The van der Waals surface area contributed by atoms with Gasteiger partial charge < -0.3 is 4.74 Å². The first-order valence-electron chi connectivity index (χ1n) is 10.1. The summed E-state index contributed by atoms with van der Waals surface area (Å²) in [6.45, 7) is 8.26. The van der Waals surface area contributed by atoms with Gasteiger partial charge in [0.2, 0.25) is 5.91 Å². The molecule has 148 valence electrons. The lowest BCUT2D eigenvalue weighted by atomic mass is 10.1. The maximum atomic E-state index is 13.6. The van der Waals surface area contributed by atoms with Crippen molar-refractivity contribution in [3.63, 3.8) is 0 Å². The molecule has 0 aliphatic rings. The van der Waals surface area contributed by atoms with E-state index in [1.54, 1.807) is 4.57 Å². The molecule has 3 rings (SSSR count). The lowest BCUT2D eigenvalue weighted by molar-refractivity contribution is 0.0726. The Labute approximate surface area is 166 Å². The predicted molar refractivity (Wildman–Crippen MR) is 113 cm³/mol. The molecule has 1 atom stereocenters. The molecule has 5 nitrogen and oxygen atoms in total. The Morgan fingerprint density at radius 1 is 1.04 bits per heavy atom. The Hall–Kier alpha value is -2.66. The minimum absolute atomic E-state index is 0.0749. The predicted octanol–water partition coefficient (Wildman–Crippen LogP) is 4.77. The summed E-state index contributed by atoms with van der Waals surface area (Å²) in [7, 11) is 0. The van der Waals surface area contributed by atoms with Gasteiger partial charge in [-0.15, -0.1) is 0 Å². The number of hydrogen-bond acceptors (Lipinski definition) is 4. The molecule has 5 heteroatoms. The third kappa shape index (κ3) is 4.25. The summed E-state index contributed by atoms with van der Waals surface area (Å²) in [6.07, 6.45) is 1.78. The third-order valence-corrected chi connectivity index (χ3v) is 5.06. The van der Waals surface area contributed by atoms with Crippen molar-refractivity contribution in [2.75, 3.05) is 13.1 Å². The molecule has 0 N–H and O–H groups in total. The molecule has 0 aliphatic carbocycles. The van der Waals surface area contributed by atoms with Crippen molar-refractivity contribution in [2.24, 2.45) is 0 Å². The molecule has 0 fully saturated rings. The zero-order valence-corrected chi connectivity index (χ0v) is 17.0. The quantitative estimate of drug-likeness (QED) is 0.537. The second-order valence-electron chi connectivity index (χ2n) is 6.82. The van der Waals surface area contributed by atoms with Crippen molar-refractivity contribution in [1.82, 2.24) is 14.5 Å². The largest absolute Gasteiger partial charge is 0.486 e. The van der Waals surface area contributed by atoms with Crippen molar-refractivity contribution < 1.29 is 9.53 Å². The van der Waals surface area contributed by atoms with Crippen LogP contribution >= 0.6 is 0 Å². The van der Waals surface area contributed by atoms with E-state index in [2.05, 4.69) is 25.7 Å². The molecule has 0 saturated heterocycles. The Bertz CT molecular complexity index is 901. The Kier molecular flexibility index (Phi) is 6.82. The fraction of sp³-hybridized carbons (Fsp3) is 0.391. The minimum atomic E-state index is -0.159. The number of imidazole rings is 1. The zero-order valence-electron chi connectivity index (χ0n) is 17.0. The molecule has 3 aromatic rings. The summed E-state index contributed by atoms with van der Waals surface area (Å²) in [4.78, 5) is 20.6. The highest BCUT2D eigenvalue weighted by Crippen LogP contribution is 2.21. The molecule has 0 spiro atoms. The van der Waals surface area contributed by atoms with Gasteiger partial charge in [0.25, 0.3) is 0 Å². The van der Waals surface area contributed by atoms with Crippen molar-refractivity contribution in [1.29, 1.82) is 0 Å². The molecule has 0 amide bonds. The van der Waals surface area contributed by atoms with Crippen molar-refractivity contribution in [3.05, 3.63) is 60.4 Å². The fourth-order valence-electron chi connectivity index (χ4n) is 3.63. The Morgan fingerprint density at radius 3 is 2.39 bits per heavy atom. The average Bonchev–Trinajstić information content (AvgIpc) is 3.11. The number of rotatable bonds is 9. The number of benzene rings is 2. The van der Waals surface area contributed by atoms with E-state index in [4.69, 9.17) is 9.72 Å². The summed E-state index contributed by atoms with van der Waals surface area (Å²) < 4.78 is 7.68. The van der Waals surface area contributed by atoms with Crippen LogP contribution in [-0.2, 0) is 6.61 Å². The van der Waals surface area contributed by atoms with Crippen LogP contribution in [0.3, 0.4) is 0 Å². The molecule has 0 saturated carbocycles. The van der Waals surface area contributed by atoms with Crippen LogP contribution in [0.4, 0.5) is 0 Å². The number of hydrogen-bond donors (Lipinski definition) is 0. The van der Waals surface area contributed by atoms with Crippen LogP contribution in [0.25, 0.3) is 11.0 Å². The van der Waals surface area contributed by atoms with E-state index < -0.39 is 0 Å². The van der Waals surface area contributed by atoms with E-state index in [0.717, 1.165) is 42.7 Å². The summed E-state index contributed by atoms with van der Waals surface area (Å²) in [5.74, 6) is 1.48. The lowest BCUT2D eigenvalue weighted by Gasteiger charge is -2.28. The first kappa shape index (κ1) is 20.1. The Balaban J connectivity index is 1.98. The molecular formula is C23H29N3O2. The van der Waals surface area contributed by atoms with E-state index >= 15 is 0 Å². The minimum Gasteiger partial charge on any atom is -0.486 e. The number of carbonyl (C=O) groups excluding carboxylic acids is 1. The third-order valence-electron chi connectivity index (χ3n) is 5.06. The first-order chi connectivity index (χ1) is 13.7. The SMILES string of the molecule is CCCC(C(=O)n1c(COc2ccccc2)nc2ccccc21)N(CC)CC. The monoisotopic (exact) mass is 379 g/mol. The number of para-hydroxylation sites is 3. The van der Waals surface area contributed by atoms with Gasteiger partial charge in [-0.2, -0.15) is 0 Å². The number of fused-ring (bicyclic) bond motifs is 1. The second kappa shape index (κ2) is 9.51. The van der Waals surface area contributed by atoms with Gasteiger partial charge >= 0.3 is 0 Å². The molecule has 1 heterocycles. The van der Waals surface area contributed by atoms with Gasteiger partial charge in [0.05, 0.1) is 17.1 Å². The van der Waals surface area contributed by atoms with E-state index in [1.807, 2.05) is 54.6 Å². The van der Waals surface area contributed by atoms with Gasteiger partial charge in [-0.05, 0) is 43.8 Å². The van der Waals surface area contributed by atoms with Gasteiger partial charge in [0.15, 0.2) is 5.82 Å². The van der Waals surface area contributed by atoms with E-state index in [9.17, 15) is 4.79 Å². The highest BCUT2D eigenvalue weighted by atomic mass is 16.5. The number of aromatic nitrogens is 2. The van der Waals surface area contributed by atoms with Crippen molar-refractivity contribution in [2.45, 2.75) is 46.3 Å². The first-order valence-corrected chi connectivity index (χ1v) is 10.1. The highest BCUT2D eigenvalue weighted by molar-refractivity contribution is 5.94. The van der Waals surface area contributed by atoms with E-state index in [-0.39, 0.29) is 18.6 Å². The number of carbonyl (C=O) groups is 1. The number of likely N-dealkylation sites (N-methyl/N-ethyl adjacent to an activating group) is 1. The standard InChI is InChI=1S/C23H29N3O2/c1-4-12-21(25(5-2)6-3)23(27)26-20-16-11-10-15-19(20)24-22(26)17-28-18-13-8-7-9-14-18/h7-11,13-16,21H,4-6,12,17H2,1-3H3. The molecule has 0 radical (unpaired) electrons. The van der Waals surface area contributed by atoms with Crippen LogP contribution < -0.4 is 4.74 Å². The average molecular weight is 380 g/mol. The van der Waals surface area contributed by atoms with Crippen LogP contribution in [-0.4, -0.2) is 39.5 Å². The fourth-order valence-corrected chi connectivity index (χ4v) is 3.63. The molecule has 1 aromatic heterocycles. The molecule has 2 aromatic carbocycles. The summed E-state index contributed by atoms with van der Waals surface area (Å²) >= 11 is 0. The molecule has 28 heavy (non-hydrogen) atoms. The molecule has 1 unspecified atom stereocenters. The summed E-state index contributed by atoms with van der Waals surface area (Å²) in [6, 6.07) is 17.3. The molecule has 0 aliphatic heterocycles. The van der Waals surface area contributed by atoms with Crippen LogP contribution in [0, 0.1) is 0 Å². The number of nitrogens with zero attached hydrogens (tertiary/aromatic N) is 3. The maximum Gasteiger partial charge on any atom is 0.250 e. The van der Waals surface area contributed by atoms with Gasteiger partial charge in [0.1, 0.15) is 12.4 Å². The second-order valence-corrected chi connectivity index (χ2v) is 6.82. The van der Waals surface area contributed by atoms with Crippen LogP contribution in [0.2, 0.25) is 0 Å². The summed E-state index contributed by atoms with van der Waals surface area (Å²) in [5.41, 5.74) is 1.66. The normalized spacial score (nSPS) is 12.4. The van der Waals surface area contributed by atoms with Crippen LogP contribution in [0.5, 0.6) is 5.75 Å². The highest BCUT2D eigenvalue weighted by Gasteiger charge is 2.28. The van der Waals surface area contributed by atoms with Gasteiger partial charge in [-0.3, -0.25) is 14.3 Å². The Morgan fingerprint density at radius 2 is 1.71 bits per heavy atom. The van der Waals surface area contributed by atoms with Gasteiger partial charge in [-0.25, -0.2) is 4.98 Å². The molecular weight excluding hydrogens is 350 g/mol. The van der Waals surface area contributed by atoms with E-state index in [0.29, 0.717) is 5.82 Å². The van der Waals surface area contributed by atoms with Crippen molar-refractivity contribution in [3.8, 4) is 5.75 Å². The lowest BCUT2D eigenvalue weighted by Crippen LogP contribution is -2.43. The molecule has 0 bridgehead atoms. The zero-order chi connectivity index (χ0) is 19.9. The maximum absolute atomic E-state index is 13.6. The van der Waals surface area contributed by atoms with Gasteiger partial charge in [0, 0.05) is 0 Å².